The molecule has 1 aromatic rings. The van der Waals surface area contributed by atoms with Gasteiger partial charge in [0, 0.05) is 18.8 Å². The number of hydrogen-bond donors (Lipinski definition) is 1. The smallest absolute Gasteiger partial charge is 0.191 e. The first-order chi connectivity index (χ1) is 7.31. The molecule has 1 aliphatic rings. The zero-order valence-electron chi connectivity index (χ0n) is 9.15. The first-order valence-electron chi connectivity index (χ1n) is 5.54. The summed E-state index contributed by atoms with van der Waals surface area (Å²) in [6.45, 7) is 3.46. The number of aryl methyl sites for hydroxylation is 1. The zero-order chi connectivity index (χ0) is 10.7. The van der Waals surface area contributed by atoms with Gasteiger partial charge in [0.05, 0.1) is 0 Å². The van der Waals surface area contributed by atoms with Crippen LogP contribution in [0, 0.1) is 12.8 Å². The van der Waals surface area contributed by atoms with Crippen LogP contribution in [0.15, 0.2) is 5.16 Å². The van der Waals surface area contributed by atoms with Gasteiger partial charge in [-0.05, 0) is 25.7 Å². The van der Waals surface area contributed by atoms with Gasteiger partial charge in [-0.1, -0.05) is 18.2 Å². The Kier molecular flexibility index (Phi) is 3.64. The molecule has 0 unspecified atom stereocenters. The van der Waals surface area contributed by atoms with E-state index in [1.807, 2.05) is 18.7 Å². The maximum absolute atomic E-state index is 5.57. The lowest BCUT2D eigenvalue weighted by molar-refractivity contribution is 0.353. The Labute approximate surface area is 94.6 Å². The molecule has 1 saturated carbocycles. The molecule has 0 atom stereocenters. The first kappa shape index (κ1) is 11.0. The molecule has 0 saturated heterocycles. The average molecular weight is 226 g/mol. The van der Waals surface area contributed by atoms with Crippen molar-refractivity contribution < 1.29 is 0 Å². The second-order valence-electron chi connectivity index (χ2n) is 4.08. The summed E-state index contributed by atoms with van der Waals surface area (Å²) >= 11 is 1.83. The van der Waals surface area contributed by atoms with E-state index in [0.717, 1.165) is 23.4 Å². The standard InChI is InChI=1S/C10H18N4S/c1-8-12-13-10(14(8)6-5-11)15-7-9-3-2-4-9/h9H,2-7,11H2,1H3. The van der Waals surface area contributed by atoms with E-state index in [9.17, 15) is 0 Å². The lowest BCUT2D eigenvalue weighted by Gasteiger charge is -2.24. The highest BCUT2D eigenvalue weighted by atomic mass is 32.2. The van der Waals surface area contributed by atoms with Crippen LogP contribution in [-0.2, 0) is 6.54 Å². The number of hydrogen-bond acceptors (Lipinski definition) is 4. The van der Waals surface area contributed by atoms with Crippen molar-refractivity contribution in [2.75, 3.05) is 12.3 Å². The summed E-state index contributed by atoms with van der Waals surface area (Å²) in [4.78, 5) is 0. The number of nitrogens with two attached hydrogens (primary N) is 1. The van der Waals surface area contributed by atoms with Crippen LogP contribution in [0.4, 0.5) is 0 Å². The zero-order valence-corrected chi connectivity index (χ0v) is 9.96. The van der Waals surface area contributed by atoms with Gasteiger partial charge in [-0.2, -0.15) is 0 Å². The highest BCUT2D eigenvalue weighted by molar-refractivity contribution is 7.99. The van der Waals surface area contributed by atoms with Gasteiger partial charge in [-0.15, -0.1) is 10.2 Å². The Morgan fingerprint density at radius 1 is 1.47 bits per heavy atom. The van der Waals surface area contributed by atoms with Crippen molar-refractivity contribution in [3.63, 3.8) is 0 Å². The Morgan fingerprint density at radius 2 is 2.27 bits per heavy atom. The molecule has 1 heterocycles. The van der Waals surface area contributed by atoms with Crippen molar-refractivity contribution >= 4 is 11.8 Å². The third-order valence-corrected chi connectivity index (χ3v) is 4.13. The van der Waals surface area contributed by atoms with Crippen molar-refractivity contribution in [1.29, 1.82) is 0 Å². The minimum absolute atomic E-state index is 0.649. The van der Waals surface area contributed by atoms with Crippen molar-refractivity contribution in [2.45, 2.75) is 37.9 Å². The van der Waals surface area contributed by atoms with E-state index in [0.29, 0.717) is 6.54 Å². The highest BCUT2D eigenvalue weighted by Gasteiger charge is 2.19. The minimum atomic E-state index is 0.649. The number of thioether (sulfide) groups is 1. The Morgan fingerprint density at radius 3 is 2.87 bits per heavy atom. The van der Waals surface area contributed by atoms with Crippen LogP contribution >= 0.6 is 11.8 Å². The van der Waals surface area contributed by atoms with E-state index in [1.54, 1.807) is 0 Å². The minimum Gasteiger partial charge on any atom is -0.329 e. The molecule has 0 bridgehead atoms. The van der Waals surface area contributed by atoms with Gasteiger partial charge in [0.1, 0.15) is 5.82 Å². The molecule has 15 heavy (non-hydrogen) atoms. The van der Waals surface area contributed by atoms with Gasteiger partial charge in [-0.25, -0.2) is 0 Å². The molecule has 2 rings (SSSR count). The summed E-state index contributed by atoms with van der Waals surface area (Å²) in [5.74, 6) is 3.05. The van der Waals surface area contributed by atoms with E-state index in [4.69, 9.17) is 5.73 Å². The van der Waals surface area contributed by atoms with E-state index in [1.165, 1.54) is 25.0 Å². The van der Waals surface area contributed by atoms with Crippen molar-refractivity contribution in [3.05, 3.63) is 5.82 Å². The maximum Gasteiger partial charge on any atom is 0.191 e. The van der Waals surface area contributed by atoms with Gasteiger partial charge in [0.2, 0.25) is 0 Å². The molecule has 84 valence electrons. The van der Waals surface area contributed by atoms with Gasteiger partial charge < -0.3 is 10.3 Å². The lowest BCUT2D eigenvalue weighted by Crippen LogP contribution is -2.15. The lowest BCUT2D eigenvalue weighted by atomic mass is 9.87. The Bertz CT molecular complexity index is 319. The van der Waals surface area contributed by atoms with Gasteiger partial charge in [-0.3, -0.25) is 0 Å². The van der Waals surface area contributed by atoms with Crippen molar-refractivity contribution in [3.8, 4) is 0 Å². The molecule has 2 N–H and O–H groups in total. The molecular weight excluding hydrogens is 208 g/mol. The fourth-order valence-corrected chi connectivity index (χ4v) is 2.90. The quantitative estimate of drug-likeness (QED) is 0.772. The first-order valence-corrected chi connectivity index (χ1v) is 6.52. The summed E-state index contributed by atoms with van der Waals surface area (Å²) in [6.07, 6.45) is 4.17. The van der Waals surface area contributed by atoms with Crippen LogP contribution in [-0.4, -0.2) is 27.1 Å². The molecule has 5 heteroatoms. The Balaban J connectivity index is 1.93. The third kappa shape index (κ3) is 2.52. The number of aromatic nitrogens is 3. The highest BCUT2D eigenvalue weighted by Crippen LogP contribution is 2.31. The number of rotatable bonds is 5. The normalized spacial score (nSPS) is 16.7. The number of nitrogens with zero attached hydrogens (tertiary/aromatic N) is 3. The molecule has 0 spiro atoms. The van der Waals surface area contributed by atoms with E-state index >= 15 is 0 Å². The van der Waals surface area contributed by atoms with Gasteiger partial charge in [0.25, 0.3) is 0 Å². The van der Waals surface area contributed by atoms with Crippen molar-refractivity contribution in [2.24, 2.45) is 11.7 Å². The van der Waals surface area contributed by atoms with Crippen LogP contribution in [0.3, 0.4) is 0 Å². The average Bonchev–Trinajstić information content (AvgIpc) is 2.48. The van der Waals surface area contributed by atoms with Crippen LogP contribution in [0.2, 0.25) is 0 Å². The summed E-state index contributed by atoms with van der Waals surface area (Å²) in [7, 11) is 0. The van der Waals surface area contributed by atoms with E-state index in [-0.39, 0.29) is 0 Å². The molecule has 0 amide bonds. The SMILES string of the molecule is Cc1nnc(SCC2CCC2)n1CCN. The molecule has 0 radical (unpaired) electrons. The van der Waals surface area contributed by atoms with Gasteiger partial charge in [0.15, 0.2) is 5.16 Å². The van der Waals surface area contributed by atoms with E-state index in [2.05, 4.69) is 14.8 Å². The third-order valence-electron chi connectivity index (χ3n) is 2.93. The molecule has 4 nitrogen and oxygen atoms in total. The predicted octanol–water partition coefficient (Wildman–Crippen LogP) is 1.44. The predicted molar refractivity (Wildman–Crippen MR) is 61.9 cm³/mol. The molecule has 1 aromatic heterocycles. The molecule has 1 fully saturated rings. The fourth-order valence-electron chi connectivity index (χ4n) is 1.71. The molecule has 0 aromatic carbocycles. The van der Waals surface area contributed by atoms with Crippen LogP contribution in [0.1, 0.15) is 25.1 Å². The van der Waals surface area contributed by atoms with Crippen LogP contribution < -0.4 is 5.73 Å². The van der Waals surface area contributed by atoms with Gasteiger partial charge >= 0.3 is 0 Å². The topological polar surface area (TPSA) is 56.7 Å². The monoisotopic (exact) mass is 226 g/mol. The molecule has 0 aliphatic heterocycles. The Hall–Kier alpha value is -0.550. The van der Waals surface area contributed by atoms with Crippen LogP contribution in [0.5, 0.6) is 0 Å². The molecular formula is C10H18N4S. The van der Waals surface area contributed by atoms with Crippen LogP contribution in [0.25, 0.3) is 0 Å². The second-order valence-corrected chi connectivity index (χ2v) is 5.07. The fraction of sp³-hybridized carbons (Fsp3) is 0.800. The maximum atomic E-state index is 5.57. The van der Waals surface area contributed by atoms with Crippen molar-refractivity contribution in [1.82, 2.24) is 14.8 Å². The summed E-state index contributed by atoms with van der Waals surface area (Å²) in [5, 5.41) is 9.31. The second kappa shape index (κ2) is 4.99. The van der Waals surface area contributed by atoms with E-state index < -0.39 is 0 Å². The summed E-state index contributed by atoms with van der Waals surface area (Å²) in [5.41, 5.74) is 5.57. The summed E-state index contributed by atoms with van der Waals surface area (Å²) < 4.78 is 2.11. The summed E-state index contributed by atoms with van der Waals surface area (Å²) in [6, 6.07) is 0. The molecule has 1 aliphatic carbocycles. The largest absolute Gasteiger partial charge is 0.329 e.